The number of hydrogen-bond acceptors (Lipinski definition) is 8. The zero-order valence-corrected chi connectivity index (χ0v) is 16.8. The highest BCUT2D eigenvalue weighted by molar-refractivity contribution is 5.72. The number of nitro benzene ring substituents is 2. The molecule has 0 amide bonds. The normalized spacial score (nSPS) is 11.7. The summed E-state index contributed by atoms with van der Waals surface area (Å²) < 4.78 is 10.4. The first-order valence-electron chi connectivity index (χ1n) is 9.41. The number of rotatable bonds is 12. The van der Waals surface area contributed by atoms with Gasteiger partial charge in [-0.15, -0.1) is 0 Å². The van der Waals surface area contributed by atoms with Crippen LogP contribution < -0.4 is 0 Å². The van der Waals surface area contributed by atoms with Crippen LogP contribution >= 0.6 is 0 Å². The highest BCUT2D eigenvalue weighted by Crippen LogP contribution is 2.23. The van der Waals surface area contributed by atoms with Crippen molar-refractivity contribution in [2.75, 3.05) is 0 Å². The summed E-state index contributed by atoms with van der Waals surface area (Å²) in [5.74, 6) is -0.775. The van der Waals surface area contributed by atoms with Gasteiger partial charge in [-0.2, -0.15) is 0 Å². The van der Waals surface area contributed by atoms with Crippen molar-refractivity contribution in [1.29, 1.82) is 0 Å². The van der Waals surface area contributed by atoms with E-state index in [2.05, 4.69) is 0 Å². The standard InChI is InChI=1S/C19H26N2O8/c1-4-6-17(13(2)3)29-19(23)8-5-7-18(22)28-12-14-9-15(20(24)25)11-16(10-14)21(26)27/h9-11,13,17H,4-8,12H2,1-3H3. The zero-order valence-electron chi connectivity index (χ0n) is 16.8. The number of benzene rings is 1. The maximum Gasteiger partial charge on any atom is 0.306 e. The van der Waals surface area contributed by atoms with Gasteiger partial charge in [0, 0.05) is 30.5 Å². The van der Waals surface area contributed by atoms with Crippen molar-refractivity contribution in [3.63, 3.8) is 0 Å². The van der Waals surface area contributed by atoms with Crippen LogP contribution in [0.1, 0.15) is 58.4 Å². The van der Waals surface area contributed by atoms with Crippen LogP contribution in [0.3, 0.4) is 0 Å². The number of nitro groups is 2. The van der Waals surface area contributed by atoms with Gasteiger partial charge in [-0.1, -0.05) is 27.2 Å². The van der Waals surface area contributed by atoms with E-state index in [9.17, 15) is 29.8 Å². The van der Waals surface area contributed by atoms with Crippen LogP contribution in [0, 0.1) is 26.1 Å². The molecule has 1 aromatic carbocycles. The van der Waals surface area contributed by atoms with E-state index in [1.54, 1.807) is 0 Å². The summed E-state index contributed by atoms with van der Waals surface area (Å²) in [7, 11) is 0. The Morgan fingerprint density at radius 2 is 1.55 bits per heavy atom. The molecule has 0 aliphatic carbocycles. The second-order valence-corrected chi connectivity index (χ2v) is 6.95. The molecule has 0 bridgehead atoms. The Hall–Kier alpha value is -3.04. The minimum atomic E-state index is -0.757. The first kappa shape index (κ1) is 24.0. The molecule has 0 heterocycles. The molecule has 0 N–H and O–H groups in total. The largest absolute Gasteiger partial charge is 0.462 e. The van der Waals surface area contributed by atoms with Gasteiger partial charge < -0.3 is 9.47 Å². The fourth-order valence-corrected chi connectivity index (χ4v) is 2.60. The average molecular weight is 410 g/mol. The summed E-state index contributed by atoms with van der Waals surface area (Å²) in [5.41, 5.74) is -0.780. The molecule has 0 saturated carbocycles. The lowest BCUT2D eigenvalue weighted by molar-refractivity contribution is -0.394. The third kappa shape index (κ3) is 8.67. The van der Waals surface area contributed by atoms with Gasteiger partial charge in [0.05, 0.1) is 15.9 Å². The highest BCUT2D eigenvalue weighted by Gasteiger charge is 2.19. The van der Waals surface area contributed by atoms with Crippen LogP contribution in [-0.2, 0) is 25.7 Å². The van der Waals surface area contributed by atoms with Crippen LogP contribution in [0.2, 0.25) is 0 Å². The number of carbonyl (C=O) groups excluding carboxylic acids is 2. The Morgan fingerprint density at radius 3 is 2.03 bits per heavy atom. The van der Waals surface area contributed by atoms with Crippen molar-refractivity contribution < 1.29 is 28.9 Å². The number of ether oxygens (including phenoxy) is 2. The van der Waals surface area contributed by atoms with E-state index in [0.717, 1.165) is 31.0 Å². The molecule has 29 heavy (non-hydrogen) atoms. The van der Waals surface area contributed by atoms with E-state index in [1.165, 1.54) is 0 Å². The highest BCUT2D eigenvalue weighted by atomic mass is 16.6. The molecule has 0 radical (unpaired) electrons. The number of carbonyl (C=O) groups is 2. The monoisotopic (exact) mass is 410 g/mol. The molecular formula is C19H26N2O8. The Morgan fingerprint density at radius 1 is 1.00 bits per heavy atom. The maximum absolute atomic E-state index is 11.9. The smallest absolute Gasteiger partial charge is 0.306 e. The van der Waals surface area contributed by atoms with E-state index >= 15 is 0 Å². The molecule has 1 aromatic rings. The van der Waals surface area contributed by atoms with Crippen LogP contribution in [0.15, 0.2) is 18.2 Å². The minimum Gasteiger partial charge on any atom is -0.462 e. The van der Waals surface area contributed by atoms with Gasteiger partial charge in [0.15, 0.2) is 0 Å². The van der Waals surface area contributed by atoms with Crippen molar-refractivity contribution in [2.24, 2.45) is 5.92 Å². The second kappa shape index (κ2) is 11.7. The van der Waals surface area contributed by atoms with Gasteiger partial charge in [0.25, 0.3) is 11.4 Å². The summed E-state index contributed by atoms with van der Waals surface area (Å²) in [4.78, 5) is 43.9. The van der Waals surface area contributed by atoms with E-state index in [4.69, 9.17) is 9.47 Å². The lowest BCUT2D eigenvalue weighted by atomic mass is 10.0. The van der Waals surface area contributed by atoms with Crippen molar-refractivity contribution >= 4 is 23.3 Å². The predicted octanol–water partition coefficient (Wildman–Crippen LogP) is 4.08. The van der Waals surface area contributed by atoms with Crippen molar-refractivity contribution in [3.05, 3.63) is 44.0 Å². The van der Waals surface area contributed by atoms with E-state index in [1.807, 2.05) is 20.8 Å². The Balaban J connectivity index is 2.49. The topological polar surface area (TPSA) is 139 Å². The SMILES string of the molecule is CCCC(OC(=O)CCCC(=O)OCc1cc([N+](=O)[O-])cc([N+](=O)[O-])c1)C(C)C. The first-order valence-corrected chi connectivity index (χ1v) is 9.41. The van der Waals surface area contributed by atoms with Crippen molar-refractivity contribution in [2.45, 2.75) is 65.6 Å². The summed E-state index contributed by atoms with van der Waals surface area (Å²) in [6, 6.07) is 3.05. The molecular weight excluding hydrogens is 384 g/mol. The van der Waals surface area contributed by atoms with Gasteiger partial charge in [-0.05, 0) is 18.8 Å². The summed E-state index contributed by atoms with van der Waals surface area (Å²) in [6.45, 7) is 5.62. The fourth-order valence-electron chi connectivity index (χ4n) is 2.60. The molecule has 0 fully saturated rings. The number of nitrogens with zero attached hydrogens (tertiary/aromatic N) is 2. The molecule has 0 aromatic heterocycles. The average Bonchev–Trinajstić information content (AvgIpc) is 2.65. The van der Waals surface area contributed by atoms with E-state index < -0.39 is 27.2 Å². The summed E-state index contributed by atoms with van der Waals surface area (Å²) in [6.07, 6.45) is 1.81. The maximum atomic E-state index is 11.9. The lowest BCUT2D eigenvalue weighted by Gasteiger charge is -2.20. The molecule has 0 spiro atoms. The lowest BCUT2D eigenvalue weighted by Crippen LogP contribution is -2.23. The van der Waals surface area contributed by atoms with Gasteiger partial charge in [0.1, 0.15) is 12.7 Å². The Labute approximate surface area is 168 Å². The van der Waals surface area contributed by atoms with Crippen molar-refractivity contribution in [3.8, 4) is 0 Å². The molecule has 1 unspecified atom stereocenters. The van der Waals surface area contributed by atoms with Crippen molar-refractivity contribution in [1.82, 2.24) is 0 Å². The van der Waals surface area contributed by atoms with E-state index in [0.29, 0.717) is 0 Å². The Kier molecular flexibility index (Phi) is 9.70. The van der Waals surface area contributed by atoms with Gasteiger partial charge in [0.2, 0.25) is 0 Å². The quantitative estimate of drug-likeness (QED) is 0.285. The van der Waals surface area contributed by atoms with Crippen LogP contribution in [-0.4, -0.2) is 27.9 Å². The first-order chi connectivity index (χ1) is 13.6. The Bertz CT molecular complexity index is 715. The number of non-ortho nitro benzene ring substituents is 2. The zero-order chi connectivity index (χ0) is 22.0. The van der Waals surface area contributed by atoms with Crippen LogP contribution in [0.5, 0.6) is 0 Å². The predicted molar refractivity (Wildman–Crippen MR) is 103 cm³/mol. The molecule has 0 aliphatic rings. The third-order valence-electron chi connectivity index (χ3n) is 4.15. The van der Waals surface area contributed by atoms with E-state index in [-0.39, 0.29) is 49.4 Å². The third-order valence-corrected chi connectivity index (χ3v) is 4.15. The molecule has 1 atom stereocenters. The molecule has 10 nitrogen and oxygen atoms in total. The van der Waals surface area contributed by atoms with Crippen LogP contribution in [0.4, 0.5) is 11.4 Å². The van der Waals surface area contributed by atoms with Crippen LogP contribution in [0.25, 0.3) is 0 Å². The summed E-state index contributed by atoms with van der Waals surface area (Å²) >= 11 is 0. The van der Waals surface area contributed by atoms with Gasteiger partial charge >= 0.3 is 11.9 Å². The fraction of sp³-hybridized carbons (Fsp3) is 0.579. The second-order valence-electron chi connectivity index (χ2n) is 6.95. The van der Waals surface area contributed by atoms with Gasteiger partial charge in [-0.25, -0.2) is 0 Å². The molecule has 10 heteroatoms. The molecule has 0 saturated heterocycles. The molecule has 160 valence electrons. The number of hydrogen-bond donors (Lipinski definition) is 0. The summed E-state index contributed by atoms with van der Waals surface area (Å²) in [5, 5.41) is 21.7. The van der Waals surface area contributed by atoms with Gasteiger partial charge in [-0.3, -0.25) is 29.8 Å². The molecule has 0 aliphatic heterocycles. The molecule has 1 rings (SSSR count). The minimum absolute atomic E-state index is 0.0355. The number of esters is 2.